The molecule has 0 saturated heterocycles. The Hall–Kier alpha value is -0.0800. The van der Waals surface area contributed by atoms with Crippen molar-refractivity contribution in [3.63, 3.8) is 0 Å². The van der Waals surface area contributed by atoms with Crippen LogP contribution in [0.3, 0.4) is 0 Å². The third-order valence-electron chi connectivity index (χ3n) is 2.49. The van der Waals surface area contributed by atoms with Gasteiger partial charge in [-0.15, -0.1) is 0 Å². The van der Waals surface area contributed by atoms with Crippen LogP contribution in [0, 0.1) is 0 Å². The summed E-state index contributed by atoms with van der Waals surface area (Å²) in [7, 11) is 2.20. The predicted octanol–water partition coefficient (Wildman–Crippen LogP) is 1.71. The third kappa shape index (κ3) is 4.07. The Balaban J connectivity index is 3.79. The van der Waals surface area contributed by atoms with E-state index in [0.717, 1.165) is 13.1 Å². The molecule has 0 heterocycles. The van der Waals surface area contributed by atoms with Crippen LogP contribution in [0.15, 0.2) is 0 Å². The van der Waals surface area contributed by atoms with Crippen LogP contribution in [0.2, 0.25) is 0 Å². The van der Waals surface area contributed by atoms with Gasteiger partial charge in [0.1, 0.15) is 0 Å². The highest BCUT2D eigenvalue weighted by Gasteiger charge is 2.13. The molecule has 0 radical (unpaired) electrons. The molecule has 1 unspecified atom stereocenters. The summed E-state index contributed by atoms with van der Waals surface area (Å²) in [6, 6.07) is 1.33. The second-order valence-electron chi connectivity index (χ2n) is 3.63. The van der Waals surface area contributed by atoms with Crippen LogP contribution in [-0.4, -0.2) is 37.1 Å². The molecule has 0 aliphatic heterocycles. The molecule has 0 bridgehead atoms. The second-order valence-corrected chi connectivity index (χ2v) is 3.63. The van der Waals surface area contributed by atoms with E-state index in [1.54, 1.807) is 0 Å². The predicted molar refractivity (Wildman–Crippen MR) is 55.5 cm³/mol. The van der Waals surface area contributed by atoms with Gasteiger partial charge < -0.3 is 5.32 Å². The number of nitrogens with one attached hydrogen (secondary N) is 1. The van der Waals surface area contributed by atoms with E-state index in [1.165, 1.54) is 6.42 Å². The maximum Gasteiger partial charge on any atom is 0.0217 e. The summed E-state index contributed by atoms with van der Waals surface area (Å²) in [6.45, 7) is 11.1. The van der Waals surface area contributed by atoms with Gasteiger partial charge in [-0.25, -0.2) is 0 Å². The lowest BCUT2D eigenvalue weighted by Gasteiger charge is -2.30. The first-order valence-corrected chi connectivity index (χ1v) is 5.06. The monoisotopic (exact) mass is 172 g/mol. The Kier molecular flexibility index (Phi) is 6.39. The standard InChI is InChI=1S/C10H24N2/c1-6-10(8-11-7-2)12(5)9(3)4/h9-11H,6-8H2,1-5H3. The van der Waals surface area contributed by atoms with E-state index < -0.39 is 0 Å². The summed E-state index contributed by atoms with van der Waals surface area (Å²) < 4.78 is 0. The average Bonchev–Trinajstić information content (AvgIpc) is 2.05. The highest BCUT2D eigenvalue weighted by molar-refractivity contribution is 4.71. The molecule has 0 aromatic carbocycles. The Labute approximate surface area is 77.3 Å². The summed E-state index contributed by atoms with van der Waals surface area (Å²) in [5.41, 5.74) is 0. The fraction of sp³-hybridized carbons (Fsp3) is 1.00. The van der Waals surface area contributed by atoms with Crippen molar-refractivity contribution < 1.29 is 0 Å². The van der Waals surface area contributed by atoms with E-state index in [9.17, 15) is 0 Å². The van der Waals surface area contributed by atoms with Crippen LogP contribution in [-0.2, 0) is 0 Å². The Morgan fingerprint density at radius 1 is 1.25 bits per heavy atom. The van der Waals surface area contributed by atoms with Crippen LogP contribution in [0.5, 0.6) is 0 Å². The van der Waals surface area contributed by atoms with E-state index in [0.29, 0.717) is 12.1 Å². The van der Waals surface area contributed by atoms with Crippen molar-refractivity contribution in [3.8, 4) is 0 Å². The number of nitrogens with zero attached hydrogens (tertiary/aromatic N) is 1. The fourth-order valence-electron chi connectivity index (χ4n) is 1.31. The first-order valence-electron chi connectivity index (χ1n) is 5.06. The molecule has 0 spiro atoms. The van der Waals surface area contributed by atoms with Gasteiger partial charge in [0.2, 0.25) is 0 Å². The molecule has 0 aromatic rings. The van der Waals surface area contributed by atoms with Crippen LogP contribution < -0.4 is 5.32 Å². The number of likely N-dealkylation sites (N-methyl/N-ethyl adjacent to an activating group) is 2. The number of hydrogen-bond acceptors (Lipinski definition) is 2. The zero-order chi connectivity index (χ0) is 9.56. The lowest BCUT2D eigenvalue weighted by atomic mass is 10.1. The molecule has 0 rings (SSSR count). The molecule has 1 N–H and O–H groups in total. The van der Waals surface area contributed by atoms with Gasteiger partial charge in [-0.3, -0.25) is 4.90 Å². The van der Waals surface area contributed by atoms with Crippen LogP contribution in [0.4, 0.5) is 0 Å². The van der Waals surface area contributed by atoms with Gasteiger partial charge in [0, 0.05) is 18.6 Å². The maximum absolute atomic E-state index is 3.39. The lowest BCUT2D eigenvalue weighted by molar-refractivity contribution is 0.186. The minimum atomic E-state index is 0.647. The topological polar surface area (TPSA) is 15.3 Å². The van der Waals surface area contributed by atoms with E-state index in [1.807, 2.05) is 0 Å². The fourth-order valence-corrected chi connectivity index (χ4v) is 1.31. The van der Waals surface area contributed by atoms with Gasteiger partial charge in [-0.1, -0.05) is 13.8 Å². The van der Waals surface area contributed by atoms with Crippen LogP contribution in [0.25, 0.3) is 0 Å². The highest BCUT2D eigenvalue weighted by atomic mass is 15.2. The van der Waals surface area contributed by atoms with Crippen LogP contribution in [0.1, 0.15) is 34.1 Å². The molecule has 12 heavy (non-hydrogen) atoms. The quantitative estimate of drug-likeness (QED) is 0.656. The van der Waals surface area contributed by atoms with Crippen LogP contribution >= 0.6 is 0 Å². The molecule has 0 aliphatic rings. The van der Waals surface area contributed by atoms with E-state index in [2.05, 4.69) is 45.0 Å². The van der Waals surface area contributed by atoms with E-state index in [4.69, 9.17) is 0 Å². The third-order valence-corrected chi connectivity index (χ3v) is 2.49. The van der Waals surface area contributed by atoms with Crippen molar-refractivity contribution in [1.29, 1.82) is 0 Å². The number of rotatable bonds is 6. The molecule has 0 aromatic heterocycles. The van der Waals surface area contributed by atoms with Gasteiger partial charge >= 0.3 is 0 Å². The van der Waals surface area contributed by atoms with Crippen molar-refractivity contribution in [3.05, 3.63) is 0 Å². The first-order chi connectivity index (χ1) is 5.63. The number of hydrogen-bond donors (Lipinski definition) is 1. The summed E-state index contributed by atoms with van der Waals surface area (Å²) in [6.07, 6.45) is 1.22. The zero-order valence-corrected chi connectivity index (χ0v) is 9.22. The molecule has 1 atom stereocenters. The SMILES string of the molecule is CCNCC(CC)N(C)C(C)C. The Morgan fingerprint density at radius 2 is 1.83 bits per heavy atom. The molecule has 74 valence electrons. The van der Waals surface area contributed by atoms with Crippen molar-refractivity contribution >= 4 is 0 Å². The van der Waals surface area contributed by atoms with E-state index >= 15 is 0 Å². The Morgan fingerprint density at radius 3 is 2.17 bits per heavy atom. The van der Waals surface area contributed by atoms with Crippen molar-refractivity contribution in [2.45, 2.75) is 46.2 Å². The van der Waals surface area contributed by atoms with Crippen molar-refractivity contribution in [1.82, 2.24) is 10.2 Å². The first kappa shape index (κ1) is 11.9. The zero-order valence-electron chi connectivity index (χ0n) is 9.22. The molecule has 0 amide bonds. The molecule has 0 saturated carbocycles. The lowest BCUT2D eigenvalue weighted by Crippen LogP contribution is -2.43. The summed E-state index contributed by atoms with van der Waals surface area (Å²) in [4.78, 5) is 2.43. The van der Waals surface area contributed by atoms with Gasteiger partial charge in [-0.2, -0.15) is 0 Å². The normalized spacial score (nSPS) is 14.2. The summed E-state index contributed by atoms with van der Waals surface area (Å²) in [5, 5.41) is 3.39. The van der Waals surface area contributed by atoms with Gasteiger partial charge in [-0.05, 0) is 33.9 Å². The molecular formula is C10H24N2. The average molecular weight is 172 g/mol. The van der Waals surface area contributed by atoms with Crippen molar-refractivity contribution in [2.75, 3.05) is 20.1 Å². The molecule has 2 heteroatoms. The second kappa shape index (κ2) is 6.44. The summed E-state index contributed by atoms with van der Waals surface area (Å²) in [5.74, 6) is 0. The maximum atomic E-state index is 3.39. The van der Waals surface area contributed by atoms with E-state index in [-0.39, 0.29) is 0 Å². The molecular weight excluding hydrogens is 148 g/mol. The minimum absolute atomic E-state index is 0.647. The molecule has 0 aliphatic carbocycles. The molecule has 2 nitrogen and oxygen atoms in total. The highest BCUT2D eigenvalue weighted by Crippen LogP contribution is 2.04. The minimum Gasteiger partial charge on any atom is -0.315 e. The van der Waals surface area contributed by atoms with Crippen molar-refractivity contribution in [2.24, 2.45) is 0 Å². The molecule has 0 fully saturated rings. The van der Waals surface area contributed by atoms with Gasteiger partial charge in [0.15, 0.2) is 0 Å². The smallest absolute Gasteiger partial charge is 0.0217 e. The Bertz CT molecular complexity index is 102. The largest absolute Gasteiger partial charge is 0.315 e. The van der Waals surface area contributed by atoms with Gasteiger partial charge in [0.05, 0.1) is 0 Å². The summed E-state index contributed by atoms with van der Waals surface area (Å²) >= 11 is 0. The van der Waals surface area contributed by atoms with Gasteiger partial charge in [0.25, 0.3) is 0 Å².